The van der Waals surface area contributed by atoms with E-state index < -0.39 is 6.04 Å². The third kappa shape index (κ3) is 6.71. The molecule has 0 radical (unpaired) electrons. The lowest BCUT2D eigenvalue weighted by molar-refractivity contribution is 0.0904. The number of methoxy groups -OCH3 is 1. The van der Waals surface area contributed by atoms with E-state index in [0.29, 0.717) is 23.7 Å². The van der Waals surface area contributed by atoms with Gasteiger partial charge in [-0.05, 0) is 77.8 Å². The van der Waals surface area contributed by atoms with Gasteiger partial charge in [-0.3, -0.25) is 9.69 Å². The van der Waals surface area contributed by atoms with Gasteiger partial charge in [-0.1, -0.05) is 24.1 Å². The Balaban J connectivity index is 2.11. The molecule has 5 heteroatoms. The Morgan fingerprint density at radius 1 is 1.30 bits per heavy atom. The number of hydrogen-bond donors (Lipinski definition) is 1. The highest BCUT2D eigenvalue weighted by atomic mass is 16.5. The van der Waals surface area contributed by atoms with Gasteiger partial charge in [-0.15, -0.1) is 0 Å². The van der Waals surface area contributed by atoms with Gasteiger partial charge in [0.2, 0.25) is 0 Å². The zero-order valence-electron chi connectivity index (χ0n) is 19.2. The predicted octanol–water partition coefficient (Wildman–Crippen LogP) is 4.76. The van der Waals surface area contributed by atoms with Crippen LogP contribution in [0.5, 0.6) is 11.5 Å². The van der Waals surface area contributed by atoms with Crippen LogP contribution in [0.3, 0.4) is 0 Å². The first-order valence-electron chi connectivity index (χ1n) is 11.0. The third-order valence-electron chi connectivity index (χ3n) is 5.75. The Labute approximate surface area is 181 Å². The maximum atomic E-state index is 13.2. The molecule has 0 spiro atoms. The highest BCUT2D eigenvalue weighted by molar-refractivity contribution is 6.03. The van der Waals surface area contributed by atoms with Crippen LogP contribution in [0.15, 0.2) is 41.5 Å². The number of allylic oxidation sites excluding steroid dienone is 3. The summed E-state index contributed by atoms with van der Waals surface area (Å²) >= 11 is 0. The summed E-state index contributed by atoms with van der Waals surface area (Å²) in [5.74, 6) is 1.13. The van der Waals surface area contributed by atoms with Crippen LogP contribution in [0.4, 0.5) is 0 Å². The van der Waals surface area contributed by atoms with Crippen LogP contribution in [0, 0.1) is 0 Å². The predicted molar refractivity (Wildman–Crippen MR) is 123 cm³/mol. The van der Waals surface area contributed by atoms with Gasteiger partial charge in [0, 0.05) is 12.1 Å². The van der Waals surface area contributed by atoms with Crippen molar-refractivity contribution in [2.24, 2.45) is 5.73 Å². The number of ketones is 1. The Kier molecular flexibility index (Phi) is 9.60. The van der Waals surface area contributed by atoms with E-state index in [1.807, 2.05) is 0 Å². The van der Waals surface area contributed by atoms with E-state index in [4.69, 9.17) is 15.2 Å². The van der Waals surface area contributed by atoms with Gasteiger partial charge in [0.15, 0.2) is 5.78 Å². The quantitative estimate of drug-likeness (QED) is 0.418. The van der Waals surface area contributed by atoms with Gasteiger partial charge in [-0.25, -0.2) is 0 Å². The second kappa shape index (κ2) is 11.9. The van der Waals surface area contributed by atoms with Gasteiger partial charge in [0.25, 0.3) is 0 Å². The molecule has 1 aromatic rings. The first-order chi connectivity index (χ1) is 14.4. The molecule has 166 valence electrons. The molecule has 0 amide bonds. The van der Waals surface area contributed by atoms with Gasteiger partial charge >= 0.3 is 0 Å². The molecule has 1 fully saturated rings. The van der Waals surface area contributed by atoms with Crippen LogP contribution >= 0.6 is 0 Å². The lowest BCUT2D eigenvalue weighted by Gasteiger charge is -2.27. The second-order valence-corrected chi connectivity index (χ2v) is 8.27. The molecule has 1 saturated heterocycles. The Bertz CT molecular complexity index is 766. The van der Waals surface area contributed by atoms with Crippen LogP contribution in [-0.2, 0) is 0 Å². The molecule has 2 N–H and O–H groups in total. The summed E-state index contributed by atoms with van der Waals surface area (Å²) in [5, 5.41) is 0. The molecule has 5 nitrogen and oxygen atoms in total. The average molecular weight is 415 g/mol. The molecule has 1 heterocycles. The zero-order valence-corrected chi connectivity index (χ0v) is 19.2. The topological polar surface area (TPSA) is 64.8 Å². The number of nitrogens with two attached hydrogens (primary N) is 1. The molecular formula is C25H38N2O3. The van der Waals surface area contributed by atoms with Crippen molar-refractivity contribution in [2.75, 3.05) is 26.8 Å². The molecule has 0 aliphatic carbocycles. The van der Waals surface area contributed by atoms with Crippen LogP contribution < -0.4 is 15.2 Å². The van der Waals surface area contributed by atoms with Crippen molar-refractivity contribution in [1.82, 2.24) is 4.90 Å². The number of carbonyl (C=O) groups is 1. The molecule has 0 aromatic heterocycles. The fraction of sp³-hybridized carbons (Fsp3) is 0.560. The smallest absolute Gasteiger partial charge is 0.184 e. The fourth-order valence-electron chi connectivity index (χ4n) is 3.92. The van der Waals surface area contributed by atoms with Crippen molar-refractivity contribution < 1.29 is 14.3 Å². The van der Waals surface area contributed by atoms with Gasteiger partial charge in [-0.2, -0.15) is 0 Å². The number of likely N-dealkylation sites (N-methyl/N-ethyl adjacent to an activating group) is 1. The monoisotopic (exact) mass is 414 g/mol. The van der Waals surface area contributed by atoms with Crippen LogP contribution in [-0.4, -0.2) is 49.6 Å². The SMILES string of the molecule is CCN1CCCC1C(N)C(=O)c1ccc(OC)cc1OC/C=C(\C)CCC=C(C)C. The van der Waals surface area contributed by atoms with Crippen LogP contribution in [0.1, 0.15) is 63.7 Å². The van der Waals surface area contributed by atoms with Crippen molar-refractivity contribution in [2.45, 2.75) is 65.5 Å². The Morgan fingerprint density at radius 3 is 2.73 bits per heavy atom. The van der Waals surface area contributed by atoms with E-state index in [1.54, 1.807) is 25.3 Å². The van der Waals surface area contributed by atoms with Crippen molar-refractivity contribution in [3.8, 4) is 11.5 Å². The number of Topliss-reactive ketones (excluding diaryl/α,β-unsaturated/α-hetero) is 1. The average Bonchev–Trinajstić information content (AvgIpc) is 3.21. The number of likely N-dealkylation sites (tertiary alicyclic amines) is 1. The number of rotatable bonds is 11. The summed E-state index contributed by atoms with van der Waals surface area (Å²) in [6.45, 7) is 10.8. The molecule has 2 atom stereocenters. The summed E-state index contributed by atoms with van der Waals surface area (Å²) < 4.78 is 11.3. The molecule has 2 unspecified atom stereocenters. The number of ether oxygens (including phenoxy) is 2. The second-order valence-electron chi connectivity index (χ2n) is 8.27. The summed E-state index contributed by atoms with van der Waals surface area (Å²) in [6, 6.07) is 4.88. The van der Waals surface area contributed by atoms with Crippen molar-refractivity contribution in [3.63, 3.8) is 0 Å². The van der Waals surface area contributed by atoms with Crippen LogP contribution in [0.25, 0.3) is 0 Å². The standard InChI is InChI=1S/C25H38N2O3/c1-6-27-15-8-11-22(27)24(26)25(28)21-13-12-20(29-5)17-23(21)30-16-14-19(4)10-7-9-18(2)3/h9,12-14,17,22,24H,6-8,10-11,15-16,26H2,1-5H3/b19-14+. The van der Waals surface area contributed by atoms with Crippen molar-refractivity contribution >= 4 is 5.78 Å². The first-order valence-corrected chi connectivity index (χ1v) is 11.0. The molecule has 30 heavy (non-hydrogen) atoms. The minimum atomic E-state index is -0.551. The zero-order chi connectivity index (χ0) is 22.1. The largest absolute Gasteiger partial charge is 0.497 e. The molecule has 0 bridgehead atoms. The molecule has 1 aliphatic rings. The molecule has 1 aliphatic heterocycles. The van der Waals surface area contributed by atoms with Gasteiger partial charge in [0.05, 0.1) is 18.7 Å². The Morgan fingerprint density at radius 2 is 2.07 bits per heavy atom. The first kappa shape index (κ1) is 24.2. The van der Waals surface area contributed by atoms with E-state index in [1.165, 1.54) is 11.1 Å². The molecule has 2 rings (SSSR count). The molecular weight excluding hydrogens is 376 g/mol. The fourth-order valence-corrected chi connectivity index (χ4v) is 3.92. The number of carbonyl (C=O) groups excluding carboxylic acids is 1. The minimum absolute atomic E-state index is 0.0673. The lowest BCUT2D eigenvalue weighted by atomic mass is 9.96. The molecule has 0 saturated carbocycles. The van der Waals surface area contributed by atoms with E-state index in [0.717, 1.165) is 38.8 Å². The van der Waals surface area contributed by atoms with Crippen molar-refractivity contribution in [3.05, 3.63) is 47.1 Å². The van der Waals surface area contributed by atoms with Crippen molar-refractivity contribution in [1.29, 1.82) is 0 Å². The highest BCUT2D eigenvalue weighted by Crippen LogP contribution is 2.28. The number of hydrogen-bond acceptors (Lipinski definition) is 5. The van der Waals surface area contributed by atoms with Gasteiger partial charge < -0.3 is 15.2 Å². The number of nitrogens with zero attached hydrogens (tertiary/aromatic N) is 1. The van der Waals surface area contributed by atoms with E-state index >= 15 is 0 Å². The van der Waals surface area contributed by atoms with E-state index in [-0.39, 0.29) is 11.8 Å². The lowest BCUT2D eigenvalue weighted by Crippen LogP contribution is -2.48. The summed E-state index contributed by atoms with van der Waals surface area (Å²) in [5.41, 5.74) is 9.55. The number of benzene rings is 1. The normalized spacial score (nSPS) is 18.2. The maximum Gasteiger partial charge on any atom is 0.184 e. The molecule has 1 aromatic carbocycles. The third-order valence-corrected chi connectivity index (χ3v) is 5.75. The minimum Gasteiger partial charge on any atom is -0.497 e. The maximum absolute atomic E-state index is 13.2. The Hall–Kier alpha value is -2.11. The summed E-state index contributed by atoms with van der Waals surface area (Å²) in [7, 11) is 1.61. The van der Waals surface area contributed by atoms with E-state index in [9.17, 15) is 4.79 Å². The van der Waals surface area contributed by atoms with Crippen LogP contribution in [0.2, 0.25) is 0 Å². The van der Waals surface area contributed by atoms with E-state index in [2.05, 4.69) is 44.7 Å². The van der Waals surface area contributed by atoms with Gasteiger partial charge in [0.1, 0.15) is 18.1 Å². The highest BCUT2D eigenvalue weighted by Gasteiger charge is 2.34. The summed E-state index contributed by atoms with van der Waals surface area (Å²) in [4.78, 5) is 15.5. The summed E-state index contributed by atoms with van der Waals surface area (Å²) in [6.07, 6.45) is 8.38.